The number of thiophene rings is 1. The number of cyclic esters (lactones) is 1. The topological polar surface area (TPSA) is 61.2 Å². The predicted octanol–water partition coefficient (Wildman–Crippen LogP) is 4.25. The average Bonchev–Trinajstić information content (AvgIpc) is 3.29. The Bertz CT molecular complexity index is 909. The Morgan fingerprint density at radius 2 is 1.92 bits per heavy atom. The fourth-order valence-corrected chi connectivity index (χ4v) is 6.35. The summed E-state index contributed by atoms with van der Waals surface area (Å²) in [5, 5.41) is 3.43. The molecule has 3 aliphatic rings. The fourth-order valence-electron chi connectivity index (χ4n) is 4.16. The van der Waals surface area contributed by atoms with Crippen LogP contribution in [-0.4, -0.2) is 27.4 Å². The molecule has 3 heterocycles. The van der Waals surface area contributed by atoms with Gasteiger partial charge in [0.1, 0.15) is 10.1 Å². The second kappa shape index (κ2) is 6.68. The first kappa shape index (κ1) is 16.8. The van der Waals surface area contributed by atoms with Crippen LogP contribution in [0.3, 0.4) is 0 Å². The number of ether oxygens (including phenoxy) is 1. The van der Waals surface area contributed by atoms with E-state index in [4.69, 9.17) is 9.72 Å². The molecule has 26 heavy (non-hydrogen) atoms. The van der Waals surface area contributed by atoms with E-state index in [1.807, 2.05) is 4.57 Å². The van der Waals surface area contributed by atoms with Crippen LogP contribution < -0.4 is 5.56 Å². The number of hydrogen-bond acceptors (Lipinski definition) is 6. The third-order valence-corrected chi connectivity index (χ3v) is 7.83. The number of thioether (sulfide) groups is 1. The highest BCUT2D eigenvalue weighted by Gasteiger charge is 2.33. The summed E-state index contributed by atoms with van der Waals surface area (Å²) < 4.78 is 7.04. The molecule has 1 atom stereocenters. The van der Waals surface area contributed by atoms with Crippen LogP contribution in [0.2, 0.25) is 0 Å². The van der Waals surface area contributed by atoms with Crippen molar-refractivity contribution >= 4 is 39.3 Å². The Morgan fingerprint density at radius 1 is 1.12 bits per heavy atom. The van der Waals surface area contributed by atoms with E-state index in [0.29, 0.717) is 24.1 Å². The lowest BCUT2D eigenvalue weighted by Gasteiger charge is -2.26. The van der Waals surface area contributed by atoms with Crippen LogP contribution in [0.4, 0.5) is 0 Å². The van der Waals surface area contributed by atoms with Gasteiger partial charge in [-0.2, -0.15) is 0 Å². The summed E-state index contributed by atoms with van der Waals surface area (Å²) in [5.74, 6) is 0.366. The van der Waals surface area contributed by atoms with Gasteiger partial charge in [0, 0.05) is 12.5 Å². The second-order valence-corrected chi connectivity index (χ2v) is 9.60. The molecule has 1 aliphatic heterocycles. The molecule has 2 aromatic heterocycles. The Morgan fingerprint density at radius 3 is 2.62 bits per heavy atom. The molecule has 0 amide bonds. The molecular weight excluding hydrogens is 368 g/mol. The fraction of sp³-hybridized carbons (Fsp3) is 0.632. The molecule has 138 valence electrons. The minimum absolute atomic E-state index is 0.110. The van der Waals surface area contributed by atoms with Crippen molar-refractivity contribution < 1.29 is 9.53 Å². The van der Waals surface area contributed by atoms with Crippen molar-refractivity contribution in [3.8, 4) is 0 Å². The van der Waals surface area contributed by atoms with Crippen LogP contribution in [0, 0.1) is 0 Å². The van der Waals surface area contributed by atoms with Gasteiger partial charge in [0.25, 0.3) is 5.56 Å². The molecule has 0 bridgehead atoms. The quantitative estimate of drug-likeness (QED) is 0.577. The number of carbonyl (C=O) groups is 1. The van der Waals surface area contributed by atoms with Gasteiger partial charge in [-0.1, -0.05) is 31.0 Å². The third-order valence-electron chi connectivity index (χ3n) is 5.73. The predicted molar refractivity (Wildman–Crippen MR) is 103 cm³/mol. The molecule has 0 N–H and O–H groups in total. The van der Waals surface area contributed by atoms with Gasteiger partial charge in [-0.25, -0.2) is 4.98 Å². The van der Waals surface area contributed by atoms with Gasteiger partial charge < -0.3 is 4.74 Å². The second-order valence-electron chi connectivity index (χ2n) is 7.57. The molecule has 2 aliphatic carbocycles. The molecule has 5 nitrogen and oxygen atoms in total. The van der Waals surface area contributed by atoms with Gasteiger partial charge in [0.05, 0.1) is 12.0 Å². The summed E-state index contributed by atoms with van der Waals surface area (Å²) in [6, 6.07) is 0.208. The zero-order chi connectivity index (χ0) is 17.7. The maximum Gasteiger partial charge on any atom is 0.319 e. The molecule has 2 aromatic rings. The normalized spacial score (nSPS) is 24.3. The molecule has 1 saturated heterocycles. The first-order valence-corrected chi connectivity index (χ1v) is 11.3. The van der Waals surface area contributed by atoms with E-state index in [1.165, 1.54) is 36.6 Å². The Labute approximate surface area is 160 Å². The van der Waals surface area contributed by atoms with Crippen molar-refractivity contribution in [3.63, 3.8) is 0 Å². The molecule has 5 rings (SSSR count). The van der Waals surface area contributed by atoms with E-state index in [2.05, 4.69) is 5.38 Å². The van der Waals surface area contributed by atoms with E-state index in [0.717, 1.165) is 35.9 Å². The Kier molecular flexibility index (Phi) is 4.32. The summed E-state index contributed by atoms with van der Waals surface area (Å²) in [5.41, 5.74) is 1.31. The smallest absolute Gasteiger partial charge is 0.319 e. The van der Waals surface area contributed by atoms with Gasteiger partial charge in [-0.05, 0) is 42.5 Å². The summed E-state index contributed by atoms with van der Waals surface area (Å²) in [6.45, 7) is 0.469. The number of carbonyl (C=O) groups excluding carboxylic acids is 1. The van der Waals surface area contributed by atoms with E-state index in [9.17, 15) is 9.59 Å². The van der Waals surface area contributed by atoms with Crippen molar-refractivity contribution in [1.29, 1.82) is 0 Å². The molecule has 3 fully saturated rings. The largest absolute Gasteiger partial charge is 0.465 e. The summed E-state index contributed by atoms with van der Waals surface area (Å²) in [7, 11) is 0. The van der Waals surface area contributed by atoms with Gasteiger partial charge in [-0.15, -0.1) is 11.3 Å². The molecule has 2 saturated carbocycles. The lowest BCUT2D eigenvalue weighted by Crippen LogP contribution is -2.29. The zero-order valence-corrected chi connectivity index (χ0v) is 16.2. The highest BCUT2D eigenvalue weighted by atomic mass is 32.2. The standard InChI is InChI=1S/C19H22N2O3S2/c22-17-15-13(11-6-7-11)10-25-16(15)20-19(26-14-8-9-24-18(14)23)21(17)12-4-2-1-3-5-12/h10-12,14H,1-9H2/t14-/m0/s1. The average molecular weight is 391 g/mol. The summed E-state index contributed by atoms with van der Waals surface area (Å²) in [6.07, 6.45) is 8.66. The van der Waals surface area contributed by atoms with Crippen molar-refractivity contribution in [2.75, 3.05) is 6.61 Å². The van der Waals surface area contributed by atoms with Crippen LogP contribution >= 0.6 is 23.1 Å². The number of hydrogen-bond donors (Lipinski definition) is 0. The molecular formula is C19H22N2O3S2. The van der Waals surface area contributed by atoms with Crippen LogP contribution in [0.5, 0.6) is 0 Å². The Hall–Kier alpha value is -1.34. The maximum atomic E-state index is 13.5. The first-order valence-electron chi connectivity index (χ1n) is 9.59. The molecule has 0 radical (unpaired) electrons. The number of rotatable bonds is 4. The molecule has 0 aromatic carbocycles. The van der Waals surface area contributed by atoms with Gasteiger partial charge in [-0.3, -0.25) is 14.2 Å². The van der Waals surface area contributed by atoms with E-state index < -0.39 is 0 Å². The number of esters is 1. The van der Waals surface area contributed by atoms with Crippen LogP contribution in [0.25, 0.3) is 10.2 Å². The zero-order valence-electron chi connectivity index (χ0n) is 14.6. The maximum absolute atomic E-state index is 13.5. The molecule has 0 spiro atoms. The van der Waals surface area contributed by atoms with Crippen molar-refractivity contribution in [2.24, 2.45) is 0 Å². The number of aromatic nitrogens is 2. The van der Waals surface area contributed by atoms with E-state index in [1.54, 1.807) is 11.3 Å². The molecule has 7 heteroatoms. The molecule has 0 unspecified atom stereocenters. The lowest BCUT2D eigenvalue weighted by atomic mass is 9.95. The Balaban J connectivity index is 1.63. The summed E-state index contributed by atoms with van der Waals surface area (Å²) >= 11 is 3.00. The minimum Gasteiger partial charge on any atom is -0.465 e. The van der Waals surface area contributed by atoms with Crippen LogP contribution in [-0.2, 0) is 9.53 Å². The number of fused-ring (bicyclic) bond motifs is 1. The van der Waals surface area contributed by atoms with E-state index >= 15 is 0 Å². The van der Waals surface area contributed by atoms with E-state index in [-0.39, 0.29) is 22.8 Å². The third kappa shape index (κ3) is 2.89. The van der Waals surface area contributed by atoms with Crippen LogP contribution in [0.15, 0.2) is 15.3 Å². The van der Waals surface area contributed by atoms with Gasteiger partial charge in [0.15, 0.2) is 5.16 Å². The van der Waals surface area contributed by atoms with Gasteiger partial charge >= 0.3 is 5.97 Å². The highest BCUT2D eigenvalue weighted by molar-refractivity contribution is 8.00. The highest BCUT2D eigenvalue weighted by Crippen LogP contribution is 2.45. The lowest BCUT2D eigenvalue weighted by molar-refractivity contribution is -0.137. The number of nitrogens with zero attached hydrogens (tertiary/aromatic N) is 2. The monoisotopic (exact) mass is 390 g/mol. The van der Waals surface area contributed by atoms with Crippen molar-refractivity contribution in [2.45, 2.75) is 73.7 Å². The van der Waals surface area contributed by atoms with Gasteiger partial charge in [0.2, 0.25) is 0 Å². The van der Waals surface area contributed by atoms with Crippen molar-refractivity contribution in [1.82, 2.24) is 9.55 Å². The van der Waals surface area contributed by atoms with Crippen LogP contribution in [0.1, 0.15) is 68.9 Å². The summed E-state index contributed by atoms with van der Waals surface area (Å²) in [4.78, 5) is 31.2. The van der Waals surface area contributed by atoms with Crippen molar-refractivity contribution in [3.05, 3.63) is 21.3 Å². The first-order chi connectivity index (χ1) is 12.7. The SMILES string of the molecule is O=C1OCC[C@@H]1Sc1nc2scc(C3CC3)c2c(=O)n1C1CCCCC1. The minimum atomic E-state index is -0.239.